The first-order valence-electron chi connectivity index (χ1n) is 6.25. The van der Waals surface area contributed by atoms with Gasteiger partial charge in [0.15, 0.2) is 0 Å². The van der Waals surface area contributed by atoms with Crippen molar-refractivity contribution in [3.8, 4) is 5.75 Å². The molecule has 0 amide bonds. The minimum Gasteiger partial charge on any atom is -0.420 e. The van der Waals surface area contributed by atoms with Gasteiger partial charge in [-0.3, -0.25) is 0 Å². The molecule has 2 aromatic rings. The molecule has 0 heterocycles. The van der Waals surface area contributed by atoms with Crippen molar-refractivity contribution in [1.29, 1.82) is 0 Å². The third kappa shape index (κ3) is 8.30. The normalized spacial score (nSPS) is 12.7. The van der Waals surface area contributed by atoms with E-state index < -0.39 is 13.8 Å². The van der Waals surface area contributed by atoms with Gasteiger partial charge in [0.1, 0.15) is 11.6 Å². The Bertz CT molecular complexity index is 738. The monoisotopic (exact) mass is 472 g/mol. The second kappa shape index (κ2) is 11.8. The van der Waals surface area contributed by atoms with Gasteiger partial charge in [-0.15, -0.1) is 11.8 Å². The van der Waals surface area contributed by atoms with Crippen LogP contribution in [-0.2, 0) is 10.3 Å². The largest absolute Gasteiger partial charge is 0.442 e. The number of thioether (sulfide) groups is 1. The number of alkyl halides is 2. The zero-order valence-electron chi connectivity index (χ0n) is 13.5. The van der Waals surface area contributed by atoms with Gasteiger partial charge in [0, 0.05) is 69.8 Å². The zero-order valence-corrected chi connectivity index (χ0v) is 20.8. The van der Waals surface area contributed by atoms with Crippen molar-refractivity contribution in [2.75, 3.05) is 0 Å². The summed E-state index contributed by atoms with van der Waals surface area (Å²) >= 11 is 4.59. The first kappa shape index (κ1) is 26.1. The fourth-order valence-corrected chi connectivity index (χ4v) is 3.58. The maximum atomic E-state index is 12.8. The van der Waals surface area contributed by atoms with E-state index in [1.54, 1.807) is 24.3 Å². The maximum Gasteiger partial charge on any atom is 0.442 e. The minimum absolute atomic E-state index is 0. The summed E-state index contributed by atoms with van der Waals surface area (Å²) in [5.41, 5.74) is 0.836. The third-order valence-electron chi connectivity index (χ3n) is 2.69. The van der Waals surface area contributed by atoms with E-state index in [1.165, 1.54) is 30.0 Å². The molecule has 0 aliphatic rings. The summed E-state index contributed by atoms with van der Waals surface area (Å²) in [7, 11) is -5.00. The van der Waals surface area contributed by atoms with Gasteiger partial charge in [-0.25, -0.2) is 8.96 Å². The molecule has 0 saturated carbocycles. The van der Waals surface area contributed by atoms with Crippen molar-refractivity contribution >= 4 is 94.4 Å². The number of halogens is 4. The van der Waals surface area contributed by atoms with Gasteiger partial charge < -0.3 is 9.42 Å². The van der Waals surface area contributed by atoms with Crippen molar-refractivity contribution in [3.63, 3.8) is 0 Å². The van der Waals surface area contributed by atoms with Crippen LogP contribution >= 0.6 is 35.3 Å². The third-order valence-corrected chi connectivity index (χ3v) is 5.35. The Hall–Kier alpha value is 1.05. The Labute approximate surface area is 200 Å². The van der Waals surface area contributed by atoms with E-state index in [9.17, 15) is 17.7 Å². The van der Waals surface area contributed by atoms with Crippen LogP contribution in [0.15, 0.2) is 51.8 Å². The Balaban J connectivity index is 0.00000288. The number of hydrogen-bond donors (Lipinski definition) is 1. The van der Waals surface area contributed by atoms with Gasteiger partial charge in [-0.1, -0.05) is 6.07 Å². The van der Waals surface area contributed by atoms with Gasteiger partial charge >= 0.3 is 13.8 Å². The van der Waals surface area contributed by atoms with Gasteiger partial charge in [-0.2, -0.15) is 8.78 Å². The molecule has 126 valence electrons. The molecule has 0 aliphatic carbocycles. The smallest absolute Gasteiger partial charge is 0.420 e. The van der Waals surface area contributed by atoms with E-state index in [0.29, 0.717) is 10.2 Å². The first-order valence-corrected chi connectivity index (χ1v) is 9.67. The standard InChI is InChI=1S/C14H11BrF3O3PS.2Na/c15-12-7-9(8-23-11-4-2-10(16)3-5-11)1-6-13(12)21-22(19,20)14(17)18;;/h1-7,14H,8H2,(H,19,20);;. The molecule has 11 heteroatoms. The molecule has 2 rings (SSSR count). The van der Waals surface area contributed by atoms with Crippen molar-refractivity contribution in [2.45, 2.75) is 16.8 Å². The molecule has 1 unspecified atom stereocenters. The average molecular weight is 473 g/mol. The summed E-state index contributed by atoms with van der Waals surface area (Å²) in [6.07, 6.45) is -3.47. The molecule has 25 heavy (non-hydrogen) atoms. The Morgan fingerprint density at radius 1 is 1.16 bits per heavy atom. The fourth-order valence-electron chi connectivity index (χ4n) is 1.59. The van der Waals surface area contributed by atoms with Gasteiger partial charge in [0.05, 0.1) is 4.47 Å². The van der Waals surface area contributed by atoms with E-state index in [1.807, 2.05) is 0 Å². The summed E-state index contributed by atoms with van der Waals surface area (Å²) in [5.74, 6) is 0.105. The minimum atomic E-state index is -5.00. The van der Waals surface area contributed by atoms with Crippen LogP contribution in [0.5, 0.6) is 5.75 Å². The topological polar surface area (TPSA) is 46.5 Å². The Morgan fingerprint density at radius 3 is 2.28 bits per heavy atom. The van der Waals surface area contributed by atoms with E-state index in [0.717, 1.165) is 10.5 Å². The van der Waals surface area contributed by atoms with Crippen LogP contribution in [0.3, 0.4) is 0 Å². The van der Waals surface area contributed by atoms with Gasteiger partial charge in [-0.05, 0) is 57.9 Å². The predicted octanol–water partition coefficient (Wildman–Crippen LogP) is 4.91. The number of rotatable bonds is 6. The molecule has 2 aromatic carbocycles. The van der Waals surface area contributed by atoms with Crippen LogP contribution in [0.4, 0.5) is 13.2 Å². The second-order valence-electron chi connectivity index (χ2n) is 4.44. The molecule has 1 N–H and O–H groups in total. The first-order chi connectivity index (χ1) is 10.8. The SMILES string of the molecule is O=P(O)(Oc1ccc(CSc2ccc(F)cc2)cc1Br)C(F)F.[Na].[Na]. The average Bonchev–Trinajstić information content (AvgIpc) is 2.49. The zero-order chi connectivity index (χ0) is 17.0. The van der Waals surface area contributed by atoms with Crippen molar-refractivity contribution in [1.82, 2.24) is 0 Å². The van der Waals surface area contributed by atoms with Crippen LogP contribution in [-0.4, -0.2) is 70.2 Å². The van der Waals surface area contributed by atoms with Crippen LogP contribution in [0.25, 0.3) is 0 Å². The Morgan fingerprint density at radius 2 is 1.76 bits per heavy atom. The molecule has 0 aromatic heterocycles. The summed E-state index contributed by atoms with van der Waals surface area (Å²) in [6, 6.07) is 10.6. The van der Waals surface area contributed by atoms with Crippen LogP contribution < -0.4 is 4.52 Å². The van der Waals surface area contributed by atoms with Crippen LogP contribution in [0, 0.1) is 5.82 Å². The Kier molecular flexibility index (Phi) is 12.3. The quantitative estimate of drug-likeness (QED) is 0.368. The maximum absolute atomic E-state index is 12.8. The molecule has 3 nitrogen and oxygen atoms in total. The molecule has 0 saturated heterocycles. The van der Waals surface area contributed by atoms with Crippen molar-refractivity contribution in [3.05, 3.63) is 58.3 Å². The molecular weight excluding hydrogens is 462 g/mol. The number of hydrogen-bond acceptors (Lipinski definition) is 3. The van der Waals surface area contributed by atoms with Crippen molar-refractivity contribution < 1.29 is 27.2 Å². The summed E-state index contributed by atoms with van der Waals surface area (Å²) in [4.78, 5) is 9.92. The second-order valence-corrected chi connectivity index (χ2v) is 8.04. The predicted molar refractivity (Wildman–Crippen MR) is 98.1 cm³/mol. The van der Waals surface area contributed by atoms with Gasteiger partial charge in [0.25, 0.3) is 0 Å². The fraction of sp³-hybridized carbons (Fsp3) is 0.143. The van der Waals surface area contributed by atoms with E-state index in [4.69, 9.17) is 4.89 Å². The molecule has 0 fully saturated rings. The van der Waals surface area contributed by atoms with E-state index in [-0.39, 0.29) is 70.7 Å². The summed E-state index contributed by atoms with van der Waals surface area (Å²) in [6.45, 7) is 0. The van der Waals surface area contributed by atoms with E-state index in [2.05, 4.69) is 20.5 Å². The summed E-state index contributed by atoms with van der Waals surface area (Å²) < 4.78 is 53.5. The molecule has 2 radical (unpaired) electrons. The molecule has 1 atom stereocenters. The molecule has 0 aliphatic heterocycles. The van der Waals surface area contributed by atoms with Crippen LogP contribution in [0.2, 0.25) is 0 Å². The summed E-state index contributed by atoms with van der Waals surface area (Å²) in [5, 5.41) is 0. The van der Waals surface area contributed by atoms with Crippen LogP contribution in [0.1, 0.15) is 5.56 Å². The number of benzene rings is 2. The molecular formula is C14H11BrF3Na2O3PS. The van der Waals surface area contributed by atoms with E-state index >= 15 is 0 Å². The van der Waals surface area contributed by atoms with Gasteiger partial charge in [0.2, 0.25) is 0 Å². The molecule has 0 bridgehead atoms. The van der Waals surface area contributed by atoms with Crippen molar-refractivity contribution in [2.24, 2.45) is 0 Å². The molecule has 0 spiro atoms.